The predicted molar refractivity (Wildman–Crippen MR) is 67.0 cm³/mol. The minimum absolute atomic E-state index is 0.139. The van der Waals surface area contributed by atoms with E-state index in [1.165, 1.54) is 0 Å². The molecule has 0 aromatic heterocycles. The molecule has 4 nitrogen and oxygen atoms in total. The zero-order valence-electron chi connectivity index (χ0n) is 11.0. The maximum absolute atomic E-state index is 5.77. The van der Waals surface area contributed by atoms with Gasteiger partial charge in [0.1, 0.15) is 0 Å². The summed E-state index contributed by atoms with van der Waals surface area (Å²) >= 11 is 0. The molecule has 0 spiro atoms. The highest BCUT2D eigenvalue weighted by Crippen LogP contribution is 2.03. The first-order valence-electron chi connectivity index (χ1n) is 6.12. The normalized spacial score (nSPS) is 15.4. The highest BCUT2D eigenvalue weighted by molar-refractivity contribution is 6.36. The predicted octanol–water partition coefficient (Wildman–Crippen LogP) is 1.82. The Morgan fingerprint density at radius 1 is 1.00 bits per heavy atom. The molecule has 0 aromatic carbocycles. The van der Waals surface area contributed by atoms with Crippen molar-refractivity contribution in [2.24, 2.45) is 11.7 Å². The molecule has 0 saturated carbocycles. The van der Waals surface area contributed by atoms with Crippen LogP contribution in [0.3, 0.4) is 0 Å². The standard InChI is InChI=1S/C11H26NO3Si/c1-5-7-13-16(14-8-6-2)15-9-10(3)11(4)12/h10-11H,5-9,12H2,1-4H3. The van der Waals surface area contributed by atoms with Gasteiger partial charge in [0, 0.05) is 25.9 Å². The van der Waals surface area contributed by atoms with Crippen LogP contribution in [0.25, 0.3) is 0 Å². The molecule has 2 unspecified atom stereocenters. The Kier molecular flexibility index (Phi) is 10.3. The zero-order valence-corrected chi connectivity index (χ0v) is 12.0. The maximum atomic E-state index is 5.77. The van der Waals surface area contributed by atoms with Crippen LogP contribution in [0.4, 0.5) is 0 Å². The fraction of sp³-hybridized carbons (Fsp3) is 1.00. The third-order valence-electron chi connectivity index (χ3n) is 2.21. The van der Waals surface area contributed by atoms with Gasteiger partial charge in [-0.25, -0.2) is 0 Å². The molecule has 0 aromatic rings. The summed E-state index contributed by atoms with van der Waals surface area (Å²) in [5, 5.41) is 0. The fourth-order valence-corrected chi connectivity index (χ4v) is 2.24. The zero-order chi connectivity index (χ0) is 12.4. The first kappa shape index (κ1) is 16.1. The van der Waals surface area contributed by atoms with Gasteiger partial charge in [0.05, 0.1) is 0 Å². The van der Waals surface area contributed by atoms with E-state index in [2.05, 4.69) is 20.8 Å². The van der Waals surface area contributed by atoms with E-state index in [1.54, 1.807) is 0 Å². The molecule has 0 aliphatic rings. The van der Waals surface area contributed by atoms with E-state index >= 15 is 0 Å². The highest BCUT2D eigenvalue weighted by atomic mass is 28.3. The van der Waals surface area contributed by atoms with Crippen molar-refractivity contribution in [3.63, 3.8) is 0 Å². The minimum atomic E-state index is -1.55. The van der Waals surface area contributed by atoms with Crippen LogP contribution in [-0.2, 0) is 13.3 Å². The van der Waals surface area contributed by atoms with Crippen LogP contribution in [0.1, 0.15) is 40.5 Å². The van der Waals surface area contributed by atoms with Crippen molar-refractivity contribution in [2.45, 2.75) is 46.6 Å². The number of nitrogens with two attached hydrogens (primary N) is 1. The second kappa shape index (κ2) is 10.2. The lowest BCUT2D eigenvalue weighted by molar-refractivity contribution is 0.0794. The van der Waals surface area contributed by atoms with Crippen LogP contribution >= 0.6 is 0 Å². The lowest BCUT2D eigenvalue weighted by Crippen LogP contribution is -2.34. The van der Waals surface area contributed by atoms with Gasteiger partial charge in [-0.15, -0.1) is 0 Å². The average molecular weight is 248 g/mol. The minimum Gasteiger partial charge on any atom is -0.371 e. The van der Waals surface area contributed by atoms with Gasteiger partial charge in [0.2, 0.25) is 0 Å². The molecular formula is C11H26NO3Si. The molecule has 5 heteroatoms. The van der Waals surface area contributed by atoms with Gasteiger partial charge in [0.25, 0.3) is 0 Å². The van der Waals surface area contributed by atoms with E-state index in [4.69, 9.17) is 19.0 Å². The van der Waals surface area contributed by atoms with Gasteiger partial charge in [-0.2, -0.15) is 0 Å². The largest absolute Gasteiger partial charge is 0.577 e. The van der Waals surface area contributed by atoms with Crippen molar-refractivity contribution in [2.75, 3.05) is 19.8 Å². The highest BCUT2D eigenvalue weighted by Gasteiger charge is 2.20. The van der Waals surface area contributed by atoms with Gasteiger partial charge in [-0.1, -0.05) is 20.8 Å². The molecule has 0 heterocycles. The summed E-state index contributed by atoms with van der Waals surface area (Å²) in [7, 11) is -1.55. The molecule has 0 amide bonds. The first-order valence-corrected chi connectivity index (χ1v) is 7.35. The average Bonchev–Trinajstić information content (AvgIpc) is 2.27. The van der Waals surface area contributed by atoms with Gasteiger partial charge >= 0.3 is 9.53 Å². The van der Waals surface area contributed by atoms with Crippen LogP contribution < -0.4 is 5.73 Å². The van der Waals surface area contributed by atoms with E-state index in [0.29, 0.717) is 25.7 Å². The van der Waals surface area contributed by atoms with Gasteiger partial charge in [-0.3, -0.25) is 0 Å². The molecule has 16 heavy (non-hydrogen) atoms. The molecule has 2 atom stereocenters. The number of hydrogen-bond donors (Lipinski definition) is 1. The van der Waals surface area contributed by atoms with Crippen LogP contribution in [0, 0.1) is 5.92 Å². The van der Waals surface area contributed by atoms with Gasteiger partial charge in [-0.05, 0) is 25.7 Å². The molecule has 1 radical (unpaired) electrons. The van der Waals surface area contributed by atoms with E-state index in [9.17, 15) is 0 Å². The fourth-order valence-electron chi connectivity index (χ4n) is 0.847. The van der Waals surface area contributed by atoms with Crippen LogP contribution in [0.5, 0.6) is 0 Å². The third kappa shape index (κ3) is 8.24. The Hall–Kier alpha value is 0.0569. The third-order valence-corrected chi connectivity index (χ3v) is 3.49. The Labute approximate surface area is 101 Å². The number of rotatable bonds is 10. The molecular weight excluding hydrogens is 222 g/mol. The van der Waals surface area contributed by atoms with Crippen molar-refractivity contribution in [3.8, 4) is 0 Å². The summed E-state index contributed by atoms with van der Waals surface area (Å²) < 4.78 is 16.7. The Morgan fingerprint density at radius 2 is 1.50 bits per heavy atom. The quantitative estimate of drug-likeness (QED) is 0.599. The van der Waals surface area contributed by atoms with Crippen molar-refractivity contribution in [1.82, 2.24) is 0 Å². The van der Waals surface area contributed by atoms with E-state index in [-0.39, 0.29) is 6.04 Å². The van der Waals surface area contributed by atoms with Crippen LogP contribution in [-0.4, -0.2) is 35.4 Å². The lowest BCUT2D eigenvalue weighted by Gasteiger charge is -2.19. The summed E-state index contributed by atoms with van der Waals surface area (Å²) in [6, 6.07) is 0.139. The van der Waals surface area contributed by atoms with E-state index < -0.39 is 9.53 Å². The smallest absolute Gasteiger partial charge is 0.371 e. The molecule has 0 aliphatic carbocycles. The Morgan fingerprint density at radius 3 is 1.88 bits per heavy atom. The Balaban J connectivity index is 3.80. The van der Waals surface area contributed by atoms with E-state index in [0.717, 1.165) is 12.8 Å². The molecule has 97 valence electrons. The summed E-state index contributed by atoms with van der Waals surface area (Å²) in [5.41, 5.74) is 5.77. The topological polar surface area (TPSA) is 53.7 Å². The summed E-state index contributed by atoms with van der Waals surface area (Å²) in [6.45, 7) is 10.2. The molecule has 0 bridgehead atoms. The number of hydrogen-bond acceptors (Lipinski definition) is 4. The monoisotopic (exact) mass is 248 g/mol. The molecule has 0 rings (SSSR count). The first-order chi connectivity index (χ1) is 7.61. The molecule has 0 saturated heterocycles. The SMILES string of the molecule is CCCO[Si](OCCC)OCC(C)C(C)N. The van der Waals surface area contributed by atoms with Gasteiger partial charge in [0.15, 0.2) is 0 Å². The summed E-state index contributed by atoms with van der Waals surface area (Å²) in [4.78, 5) is 0. The van der Waals surface area contributed by atoms with Crippen molar-refractivity contribution in [3.05, 3.63) is 0 Å². The summed E-state index contributed by atoms with van der Waals surface area (Å²) in [5.74, 6) is 0.329. The van der Waals surface area contributed by atoms with E-state index in [1.807, 2.05) is 6.92 Å². The van der Waals surface area contributed by atoms with Crippen LogP contribution in [0.2, 0.25) is 0 Å². The second-order valence-corrected chi connectivity index (χ2v) is 5.46. The van der Waals surface area contributed by atoms with Gasteiger partial charge < -0.3 is 19.0 Å². The Bertz CT molecular complexity index is 150. The molecule has 0 aliphatic heterocycles. The molecule has 0 fully saturated rings. The van der Waals surface area contributed by atoms with Crippen molar-refractivity contribution < 1.29 is 13.3 Å². The molecule has 2 N–H and O–H groups in total. The second-order valence-electron chi connectivity index (χ2n) is 4.09. The van der Waals surface area contributed by atoms with Crippen LogP contribution in [0.15, 0.2) is 0 Å². The summed E-state index contributed by atoms with van der Waals surface area (Å²) in [6.07, 6.45) is 1.96. The van der Waals surface area contributed by atoms with Crippen molar-refractivity contribution >= 4 is 9.53 Å². The lowest BCUT2D eigenvalue weighted by atomic mass is 10.1. The van der Waals surface area contributed by atoms with Crippen molar-refractivity contribution in [1.29, 1.82) is 0 Å². The maximum Gasteiger partial charge on any atom is 0.577 e.